The molecule has 2 aromatic rings. The lowest BCUT2D eigenvalue weighted by Crippen LogP contribution is -2.27. The van der Waals surface area contributed by atoms with Crippen LogP contribution in [0.5, 0.6) is 0 Å². The first kappa shape index (κ1) is 8.82. The SMILES string of the molecule is O=C(O)Cn1nnc2sccc2c1=O. The Morgan fingerprint density at radius 2 is 2.43 bits per heavy atom. The molecule has 72 valence electrons. The molecule has 0 unspecified atom stereocenters. The van der Waals surface area contributed by atoms with E-state index in [4.69, 9.17) is 5.11 Å². The predicted octanol–water partition coefficient (Wildman–Crippen LogP) is -0.0624. The van der Waals surface area contributed by atoms with Crippen molar-refractivity contribution in [2.24, 2.45) is 0 Å². The van der Waals surface area contributed by atoms with Gasteiger partial charge in [-0.25, -0.2) is 0 Å². The number of carbonyl (C=O) groups is 1. The zero-order valence-electron chi connectivity index (χ0n) is 6.88. The molecule has 0 saturated heterocycles. The second kappa shape index (κ2) is 3.18. The zero-order chi connectivity index (χ0) is 10.1. The Morgan fingerprint density at radius 1 is 1.64 bits per heavy atom. The minimum Gasteiger partial charge on any atom is -0.480 e. The first-order chi connectivity index (χ1) is 6.68. The Balaban J connectivity index is 2.62. The van der Waals surface area contributed by atoms with E-state index in [0.717, 1.165) is 4.68 Å². The van der Waals surface area contributed by atoms with E-state index in [9.17, 15) is 9.59 Å². The summed E-state index contributed by atoms with van der Waals surface area (Å²) >= 11 is 1.29. The Labute approximate surface area is 81.4 Å². The molecule has 2 heterocycles. The molecule has 0 aliphatic carbocycles. The molecule has 14 heavy (non-hydrogen) atoms. The summed E-state index contributed by atoms with van der Waals surface area (Å²) in [6.45, 7) is -0.461. The van der Waals surface area contributed by atoms with Crippen LogP contribution in [-0.2, 0) is 11.3 Å². The van der Waals surface area contributed by atoms with Crippen molar-refractivity contribution in [3.63, 3.8) is 0 Å². The van der Waals surface area contributed by atoms with Crippen LogP contribution in [0.2, 0.25) is 0 Å². The summed E-state index contributed by atoms with van der Waals surface area (Å²) in [5.41, 5.74) is -0.418. The molecule has 0 aromatic carbocycles. The van der Waals surface area contributed by atoms with Gasteiger partial charge in [0.1, 0.15) is 6.54 Å². The molecule has 2 aromatic heterocycles. The number of carboxylic acid groups (broad SMARTS) is 1. The molecule has 2 rings (SSSR count). The smallest absolute Gasteiger partial charge is 0.325 e. The van der Waals surface area contributed by atoms with E-state index in [1.807, 2.05) is 0 Å². The minimum absolute atomic E-state index is 0.409. The molecular weight excluding hydrogens is 206 g/mol. The second-order valence-corrected chi connectivity index (χ2v) is 3.48. The number of aliphatic carboxylic acids is 1. The topological polar surface area (TPSA) is 85.1 Å². The molecule has 0 amide bonds. The number of thiophene rings is 1. The van der Waals surface area contributed by atoms with Crippen LogP contribution in [0.15, 0.2) is 16.2 Å². The van der Waals surface area contributed by atoms with E-state index in [1.165, 1.54) is 11.3 Å². The molecule has 0 spiro atoms. The Bertz CT molecular complexity index is 544. The Morgan fingerprint density at radius 3 is 3.14 bits per heavy atom. The van der Waals surface area contributed by atoms with E-state index in [0.29, 0.717) is 10.2 Å². The summed E-state index contributed by atoms with van der Waals surface area (Å²) in [7, 11) is 0. The van der Waals surface area contributed by atoms with Crippen LogP contribution in [0.3, 0.4) is 0 Å². The first-order valence-electron chi connectivity index (χ1n) is 3.71. The zero-order valence-corrected chi connectivity index (χ0v) is 7.69. The van der Waals surface area contributed by atoms with Crippen molar-refractivity contribution >= 4 is 27.5 Å². The molecule has 0 radical (unpaired) electrons. The molecule has 0 aliphatic heterocycles. The highest BCUT2D eigenvalue weighted by atomic mass is 32.1. The van der Waals surface area contributed by atoms with Crippen molar-refractivity contribution in [3.8, 4) is 0 Å². The van der Waals surface area contributed by atoms with Gasteiger partial charge in [-0.05, 0) is 11.4 Å². The summed E-state index contributed by atoms with van der Waals surface area (Å²) in [6.07, 6.45) is 0. The highest BCUT2D eigenvalue weighted by Crippen LogP contribution is 2.12. The van der Waals surface area contributed by atoms with E-state index < -0.39 is 18.1 Å². The van der Waals surface area contributed by atoms with Gasteiger partial charge in [0.2, 0.25) is 0 Å². The van der Waals surface area contributed by atoms with Crippen molar-refractivity contribution in [1.82, 2.24) is 15.0 Å². The van der Waals surface area contributed by atoms with E-state index in [-0.39, 0.29) is 0 Å². The summed E-state index contributed by atoms with van der Waals surface area (Å²) in [4.78, 5) is 22.4. The van der Waals surface area contributed by atoms with Gasteiger partial charge in [-0.15, -0.1) is 16.4 Å². The maximum atomic E-state index is 11.5. The van der Waals surface area contributed by atoms with Crippen molar-refractivity contribution in [1.29, 1.82) is 0 Å². The standard InChI is InChI=1S/C7H5N3O3S/c11-5(12)3-10-7(13)4-1-2-14-6(4)8-9-10/h1-2H,3H2,(H,11,12). The number of rotatable bonds is 2. The van der Waals surface area contributed by atoms with Gasteiger partial charge in [0.15, 0.2) is 4.83 Å². The van der Waals surface area contributed by atoms with Crippen LogP contribution in [-0.4, -0.2) is 26.1 Å². The Kier molecular flexibility index (Phi) is 2.01. The number of nitrogens with zero attached hydrogens (tertiary/aromatic N) is 3. The molecule has 7 heteroatoms. The van der Waals surface area contributed by atoms with Gasteiger partial charge in [-0.3, -0.25) is 9.59 Å². The van der Waals surface area contributed by atoms with E-state index in [1.54, 1.807) is 11.4 Å². The summed E-state index contributed by atoms with van der Waals surface area (Å²) < 4.78 is 0.831. The van der Waals surface area contributed by atoms with Crippen molar-refractivity contribution in [3.05, 3.63) is 21.8 Å². The van der Waals surface area contributed by atoms with Gasteiger partial charge in [-0.2, -0.15) is 4.68 Å². The highest BCUT2D eigenvalue weighted by molar-refractivity contribution is 7.16. The van der Waals surface area contributed by atoms with Gasteiger partial charge >= 0.3 is 5.97 Å². The van der Waals surface area contributed by atoms with Gasteiger partial charge < -0.3 is 5.11 Å². The third-order valence-corrected chi connectivity index (χ3v) is 2.44. The Hall–Kier alpha value is -1.76. The molecule has 0 saturated carbocycles. The largest absolute Gasteiger partial charge is 0.480 e. The van der Waals surface area contributed by atoms with Crippen LogP contribution >= 0.6 is 11.3 Å². The normalized spacial score (nSPS) is 10.6. The summed E-state index contributed by atoms with van der Waals surface area (Å²) in [6, 6.07) is 1.61. The fourth-order valence-corrected chi connectivity index (χ4v) is 1.75. The maximum absolute atomic E-state index is 11.5. The lowest BCUT2D eigenvalue weighted by atomic mass is 10.4. The van der Waals surface area contributed by atoms with E-state index in [2.05, 4.69) is 10.3 Å². The predicted molar refractivity (Wildman–Crippen MR) is 49.3 cm³/mol. The lowest BCUT2D eigenvalue weighted by Gasteiger charge is -1.97. The third kappa shape index (κ3) is 1.37. The average molecular weight is 211 g/mol. The average Bonchev–Trinajstić information content (AvgIpc) is 2.57. The molecule has 0 aliphatic rings. The number of hydrogen-bond donors (Lipinski definition) is 1. The highest BCUT2D eigenvalue weighted by Gasteiger charge is 2.08. The number of aromatic nitrogens is 3. The van der Waals surface area contributed by atoms with Gasteiger partial charge in [0.05, 0.1) is 5.39 Å². The summed E-state index contributed by atoms with van der Waals surface area (Å²) in [5, 5.41) is 17.8. The fraction of sp³-hybridized carbons (Fsp3) is 0.143. The van der Waals surface area contributed by atoms with Crippen LogP contribution in [0.4, 0.5) is 0 Å². The maximum Gasteiger partial charge on any atom is 0.325 e. The third-order valence-electron chi connectivity index (χ3n) is 1.64. The van der Waals surface area contributed by atoms with Gasteiger partial charge in [-0.1, -0.05) is 5.21 Å². The lowest BCUT2D eigenvalue weighted by molar-refractivity contribution is -0.138. The molecule has 0 bridgehead atoms. The van der Waals surface area contributed by atoms with Crippen molar-refractivity contribution in [2.75, 3.05) is 0 Å². The van der Waals surface area contributed by atoms with Crippen LogP contribution in [0, 0.1) is 0 Å². The summed E-state index contributed by atoms with van der Waals surface area (Å²) in [5.74, 6) is -1.11. The van der Waals surface area contributed by atoms with Gasteiger partial charge in [0, 0.05) is 0 Å². The van der Waals surface area contributed by atoms with Crippen molar-refractivity contribution < 1.29 is 9.90 Å². The van der Waals surface area contributed by atoms with Crippen molar-refractivity contribution in [2.45, 2.75) is 6.54 Å². The fourth-order valence-electron chi connectivity index (χ4n) is 1.05. The van der Waals surface area contributed by atoms with Crippen LogP contribution in [0.25, 0.3) is 10.2 Å². The first-order valence-corrected chi connectivity index (χ1v) is 4.59. The quantitative estimate of drug-likeness (QED) is 0.752. The van der Waals surface area contributed by atoms with E-state index >= 15 is 0 Å². The number of fused-ring (bicyclic) bond motifs is 1. The molecular formula is C7H5N3O3S. The van der Waals surface area contributed by atoms with Crippen LogP contribution in [0.1, 0.15) is 0 Å². The van der Waals surface area contributed by atoms with Gasteiger partial charge in [0.25, 0.3) is 5.56 Å². The molecule has 1 N–H and O–H groups in total. The molecule has 0 atom stereocenters. The second-order valence-electron chi connectivity index (χ2n) is 2.59. The monoisotopic (exact) mass is 211 g/mol. The van der Waals surface area contributed by atoms with Crippen LogP contribution < -0.4 is 5.56 Å². The molecule has 0 fully saturated rings. The molecule has 6 nitrogen and oxygen atoms in total. The minimum atomic E-state index is -1.11. The number of carboxylic acids is 1. The number of hydrogen-bond acceptors (Lipinski definition) is 5.